The standard InChI is InChI=1S/C24H24FN3/c1-17-14-22-15-21(8-12-27(22)16-17)28-13-9-23(18-6-10-26-11-7-18)24(28)19-2-4-20(25)5-3-19/h2-7,9-11,13,15,17,22H,8,12,14,16H2,1H3. The average molecular weight is 373 g/mol. The maximum atomic E-state index is 13.6. The fourth-order valence-electron chi connectivity index (χ4n) is 4.70. The van der Waals surface area contributed by atoms with Gasteiger partial charge in [-0.1, -0.05) is 6.92 Å². The zero-order valence-electron chi connectivity index (χ0n) is 16.1. The van der Waals surface area contributed by atoms with Crippen LogP contribution >= 0.6 is 0 Å². The lowest BCUT2D eigenvalue weighted by atomic mass is 10.0. The summed E-state index contributed by atoms with van der Waals surface area (Å²) in [5, 5.41) is 0. The van der Waals surface area contributed by atoms with Gasteiger partial charge in [-0.15, -0.1) is 0 Å². The normalized spacial score (nSPS) is 22.1. The van der Waals surface area contributed by atoms with E-state index in [2.05, 4.69) is 39.7 Å². The molecular weight excluding hydrogens is 349 g/mol. The minimum Gasteiger partial charge on any atom is -0.320 e. The number of halogens is 1. The van der Waals surface area contributed by atoms with Gasteiger partial charge in [0.2, 0.25) is 0 Å². The molecule has 2 aliphatic heterocycles. The van der Waals surface area contributed by atoms with E-state index in [1.165, 1.54) is 18.7 Å². The summed E-state index contributed by atoms with van der Waals surface area (Å²) in [6.45, 7) is 4.65. The third-order valence-electron chi connectivity index (χ3n) is 6.00. The smallest absolute Gasteiger partial charge is 0.123 e. The lowest BCUT2D eigenvalue weighted by Gasteiger charge is -2.29. The molecule has 2 aromatic heterocycles. The number of benzene rings is 1. The molecule has 28 heavy (non-hydrogen) atoms. The molecule has 1 fully saturated rings. The Morgan fingerprint density at radius 3 is 2.57 bits per heavy atom. The van der Waals surface area contributed by atoms with E-state index in [0.717, 1.165) is 41.3 Å². The Morgan fingerprint density at radius 2 is 1.79 bits per heavy atom. The summed E-state index contributed by atoms with van der Waals surface area (Å²) in [6.07, 6.45) is 10.5. The minimum atomic E-state index is -0.209. The van der Waals surface area contributed by atoms with Crippen molar-refractivity contribution in [1.82, 2.24) is 14.5 Å². The summed E-state index contributed by atoms with van der Waals surface area (Å²) in [6, 6.07) is 13.6. The Kier molecular flexibility index (Phi) is 4.36. The van der Waals surface area contributed by atoms with Gasteiger partial charge in [0.1, 0.15) is 5.82 Å². The summed E-state index contributed by atoms with van der Waals surface area (Å²) in [7, 11) is 0. The number of hydrogen-bond donors (Lipinski definition) is 0. The topological polar surface area (TPSA) is 21.1 Å². The molecule has 3 aromatic rings. The van der Waals surface area contributed by atoms with Gasteiger partial charge in [0.05, 0.1) is 5.69 Å². The van der Waals surface area contributed by atoms with Crippen molar-refractivity contribution in [2.45, 2.75) is 25.8 Å². The van der Waals surface area contributed by atoms with Crippen LogP contribution in [0.5, 0.6) is 0 Å². The van der Waals surface area contributed by atoms with Crippen molar-refractivity contribution in [3.63, 3.8) is 0 Å². The second-order valence-electron chi connectivity index (χ2n) is 8.00. The summed E-state index contributed by atoms with van der Waals surface area (Å²) in [5.74, 6) is 0.550. The van der Waals surface area contributed by atoms with Crippen LogP contribution in [0.2, 0.25) is 0 Å². The molecule has 0 amide bonds. The van der Waals surface area contributed by atoms with Crippen molar-refractivity contribution < 1.29 is 4.39 Å². The van der Waals surface area contributed by atoms with Gasteiger partial charge in [0.25, 0.3) is 0 Å². The van der Waals surface area contributed by atoms with Gasteiger partial charge >= 0.3 is 0 Å². The molecule has 0 bridgehead atoms. The Hall–Kier alpha value is -2.72. The number of pyridine rings is 1. The van der Waals surface area contributed by atoms with Crippen LogP contribution in [0.1, 0.15) is 19.8 Å². The predicted molar refractivity (Wildman–Crippen MR) is 111 cm³/mol. The SMILES string of the molecule is CC1CC2C=C(n3ccc(-c4ccncc4)c3-c3ccc(F)cc3)CCN2C1. The first-order chi connectivity index (χ1) is 13.7. The molecule has 4 heteroatoms. The van der Waals surface area contributed by atoms with Crippen LogP contribution in [0.4, 0.5) is 4.39 Å². The first-order valence-corrected chi connectivity index (χ1v) is 10.0. The summed E-state index contributed by atoms with van der Waals surface area (Å²) in [4.78, 5) is 6.75. The van der Waals surface area contributed by atoms with Crippen LogP contribution < -0.4 is 0 Å². The van der Waals surface area contributed by atoms with Crippen LogP contribution in [-0.4, -0.2) is 33.6 Å². The molecule has 0 N–H and O–H groups in total. The highest BCUT2D eigenvalue weighted by Crippen LogP contribution is 2.38. The Labute approximate surface area is 165 Å². The van der Waals surface area contributed by atoms with Gasteiger partial charge in [0.15, 0.2) is 0 Å². The molecule has 5 rings (SSSR count). The lowest BCUT2D eigenvalue weighted by Crippen LogP contribution is -2.33. The average Bonchev–Trinajstić information content (AvgIpc) is 3.31. The molecule has 0 radical (unpaired) electrons. The molecule has 2 aliphatic rings. The third-order valence-corrected chi connectivity index (χ3v) is 6.00. The second kappa shape index (κ2) is 7.02. The van der Waals surface area contributed by atoms with E-state index in [0.29, 0.717) is 6.04 Å². The van der Waals surface area contributed by atoms with Crippen LogP contribution in [0.15, 0.2) is 67.1 Å². The largest absolute Gasteiger partial charge is 0.320 e. The molecule has 0 aliphatic carbocycles. The van der Waals surface area contributed by atoms with E-state index in [1.54, 1.807) is 12.1 Å². The second-order valence-corrected chi connectivity index (χ2v) is 8.00. The van der Waals surface area contributed by atoms with Crippen molar-refractivity contribution in [1.29, 1.82) is 0 Å². The molecule has 2 atom stereocenters. The van der Waals surface area contributed by atoms with Crippen LogP contribution in [0, 0.1) is 11.7 Å². The highest BCUT2D eigenvalue weighted by molar-refractivity contribution is 5.84. The van der Waals surface area contributed by atoms with E-state index >= 15 is 0 Å². The molecule has 0 saturated carbocycles. The zero-order valence-corrected chi connectivity index (χ0v) is 16.1. The van der Waals surface area contributed by atoms with Crippen molar-refractivity contribution in [2.24, 2.45) is 5.92 Å². The quantitative estimate of drug-likeness (QED) is 0.620. The summed E-state index contributed by atoms with van der Waals surface area (Å²) >= 11 is 0. The number of rotatable bonds is 3. The number of nitrogens with zero attached hydrogens (tertiary/aromatic N) is 3. The van der Waals surface area contributed by atoms with E-state index < -0.39 is 0 Å². The molecule has 4 heterocycles. The fourth-order valence-corrected chi connectivity index (χ4v) is 4.70. The number of fused-ring (bicyclic) bond motifs is 1. The van der Waals surface area contributed by atoms with Crippen LogP contribution in [0.25, 0.3) is 28.1 Å². The summed E-state index contributed by atoms with van der Waals surface area (Å²) in [5.41, 5.74) is 5.77. The van der Waals surface area contributed by atoms with Gasteiger partial charge in [-0.25, -0.2) is 4.39 Å². The van der Waals surface area contributed by atoms with E-state index in [4.69, 9.17) is 0 Å². The Bertz CT molecular complexity index is 1000. The van der Waals surface area contributed by atoms with E-state index in [1.807, 2.05) is 36.7 Å². The van der Waals surface area contributed by atoms with E-state index in [-0.39, 0.29) is 5.82 Å². The highest BCUT2D eigenvalue weighted by Gasteiger charge is 2.31. The van der Waals surface area contributed by atoms with E-state index in [9.17, 15) is 4.39 Å². The fraction of sp³-hybridized carbons (Fsp3) is 0.292. The van der Waals surface area contributed by atoms with Gasteiger partial charge in [-0.3, -0.25) is 9.88 Å². The Morgan fingerprint density at radius 1 is 1.00 bits per heavy atom. The van der Waals surface area contributed by atoms with Gasteiger partial charge in [-0.05, 0) is 72.0 Å². The maximum Gasteiger partial charge on any atom is 0.123 e. The van der Waals surface area contributed by atoms with Crippen LogP contribution in [-0.2, 0) is 0 Å². The van der Waals surface area contributed by atoms with Crippen molar-refractivity contribution in [3.8, 4) is 22.4 Å². The monoisotopic (exact) mass is 373 g/mol. The first-order valence-electron chi connectivity index (χ1n) is 10.0. The third kappa shape index (κ3) is 3.08. The van der Waals surface area contributed by atoms with Gasteiger partial charge < -0.3 is 4.57 Å². The molecule has 3 nitrogen and oxygen atoms in total. The maximum absolute atomic E-state index is 13.6. The molecule has 2 unspecified atom stereocenters. The van der Waals surface area contributed by atoms with Crippen molar-refractivity contribution >= 4 is 5.70 Å². The summed E-state index contributed by atoms with van der Waals surface area (Å²) < 4.78 is 15.9. The Balaban J connectivity index is 1.63. The van der Waals surface area contributed by atoms with Gasteiger partial charge in [0, 0.05) is 55.4 Å². The van der Waals surface area contributed by atoms with Gasteiger partial charge in [-0.2, -0.15) is 0 Å². The number of aromatic nitrogens is 2. The highest BCUT2D eigenvalue weighted by atomic mass is 19.1. The predicted octanol–water partition coefficient (Wildman–Crippen LogP) is 5.31. The lowest BCUT2D eigenvalue weighted by molar-refractivity contribution is 0.280. The zero-order chi connectivity index (χ0) is 19.1. The molecule has 142 valence electrons. The molecule has 1 aromatic carbocycles. The van der Waals surface area contributed by atoms with Crippen LogP contribution in [0.3, 0.4) is 0 Å². The minimum absolute atomic E-state index is 0.209. The van der Waals surface area contributed by atoms with Crippen molar-refractivity contribution in [3.05, 3.63) is 72.9 Å². The molecule has 1 saturated heterocycles. The molecular formula is C24H24FN3. The molecule has 0 spiro atoms. The number of hydrogen-bond acceptors (Lipinski definition) is 2. The first kappa shape index (κ1) is 17.4. The van der Waals surface area contributed by atoms with Crippen molar-refractivity contribution in [2.75, 3.05) is 13.1 Å².